The summed E-state index contributed by atoms with van der Waals surface area (Å²) >= 11 is 0. The molecule has 0 fully saturated rings. The van der Waals surface area contributed by atoms with Gasteiger partial charge in [0.1, 0.15) is 0 Å². The normalized spacial score (nSPS) is 15.2. The van der Waals surface area contributed by atoms with E-state index in [9.17, 15) is 0 Å². The van der Waals surface area contributed by atoms with Crippen molar-refractivity contribution in [2.75, 3.05) is 0 Å². The van der Waals surface area contributed by atoms with Gasteiger partial charge in [-0.2, -0.15) is 0 Å². The molecular formula is C24H50. The van der Waals surface area contributed by atoms with Crippen molar-refractivity contribution in [2.45, 2.75) is 122 Å². The van der Waals surface area contributed by atoms with Gasteiger partial charge in [-0.25, -0.2) is 0 Å². The molecule has 0 atom stereocenters. The molecule has 0 unspecified atom stereocenters. The predicted molar refractivity (Wildman–Crippen MR) is 113 cm³/mol. The summed E-state index contributed by atoms with van der Waals surface area (Å²) in [6, 6.07) is 0. The van der Waals surface area contributed by atoms with Crippen LogP contribution in [0.5, 0.6) is 0 Å². The van der Waals surface area contributed by atoms with Crippen molar-refractivity contribution >= 4 is 0 Å². The van der Waals surface area contributed by atoms with Gasteiger partial charge in [0.25, 0.3) is 0 Å². The fraction of sp³-hybridized carbons (Fsp3) is 1.00. The Hall–Kier alpha value is 0. The summed E-state index contributed by atoms with van der Waals surface area (Å²) in [5, 5.41) is 0. The highest BCUT2D eigenvalue weighted by Crippen LogP contribution is 2.49. The van der Waals surface area contributed by atoms with Crippen LogP contribution in [0.4, 0.5) is 0 Å². The van der Waals surface area contributed by atoms with E-state index in [0.717, 1.165) is 5.92 Å². The van der Waals surface area contributed by atoms with E-state index < -0.39 is 0 Å². The van der Waals surface area contributed by atoms with Crippen molar-refractivity contribution in [3.05, 3.63) is 0 Å². The zero-order valence-corrected chi connectivity index (χ0v) is 19.6. The topological polar surface area (TPSA) is 0 Å². The first-order valence-corrected chi connectivity index (χ1v) is 10.2. The van der Waals surface area contributed by atoms with E-state index in [1.807, 2.05) is 0 Å². The van der Waals surface area contributed by atoms with Crippen molar-refractivity contribution in [1.29, 1.82) is 0 Å². The Kier molecular flexibility index (Phi) is 7.71. The largest absolute Gasteiger partial charge is 0.0602 e. The van der Waals surface area contributed by atoms with Crippen LogP contribution in [0.1, 0.15) is 122 Å². The molecule has 24 heavy (non-hydrogen) atoms. The van der Waals surface area contributed by atoms with E-state index in [1.165, 1.54) is 32.1 Å². The fourth-order valence-electron chi connectivity index (χ4n) is 5.41. The lowest BCUT2D eigenvalue weighted by atomic mass is 9.61. The standard InChI is InChI=1S/C24H50/c1-20(2,3)14-19(15-21(4,5)6)16-24(13,17-22(7,8)9)18-23(10,11)12/h19H,14-18H2,1-13H3. The quantitative estimate of drug-likeness (QED) is 0.454. The van der Waals surface area contributed by atoms with Crippen LogP contribution in [0.2, 0.25) is 0 Å². The lowest BCUT2D eigenvalue weighted by molar-refractivity contribution is 0.0707. The molecule has 0 aromatic rings. The molecule has 0 saturated heterocycles. The second-order valence-corrected chi connectivity index (χ2v) is 13.9. The summed E-state index contributed by atoms with van der Waals surface area (Å²) in [7, 11) is 0. The third-order valence-electron chi connectivity index (χ3n) is 4.50. The van der Waals surface area contributed by atoms with Gasteiger partial charge in [-0.15, -0.1) is 0 Å². The van der Waals surface area contributed by atoms with Gasteiger partial charge in [-0.05, 0) is 65.1 Å². The van der Waals surface area contributed by atoms with Gasteiger partial charge < -0.3 is 0 Å². The van der Waals surface area contributed by atoms with Crippen molar-refractivity contribution < 1.29 is 0 Å². The van der Waals surface area contributed by atoms with Gasteiger partial charge in [0, 0.05) is 0 Å². The molecule has 0 aromatic carbocycles. The van der Waals surface area contributed by atoms with Crippen LogP contribution < -0.4 is 0 Å². The summed E-state index contributed by atoms with van der Waals surface area (Å²) < 4.78 is 0. The summed E-state index contributed by atoms with van der Waals surface area (Å²) in [5.74, 6) is 0.819. The Balaban J connectivity index is 5.47. The molecule has 0 radical (unpaired) electrons. The molecule has 0 aliphatic rings. The third kappa shape index (κ3) is 13.3. The van der Waals surface area contributed by atoms with Gasteiger partial charge in [-0.1, -0.05) is 90.0 Å². The Bertz CT molecular complexity index is 327. The summed E-state index contributed by atoms with van der Waals surface area (Å²) in [6.45, 7) is 31.5. The summed E-state index contributed by atoms with van der Waals surface area (Å²) in [4.78, 5) is 0. The van der Waals surface area contributed by atoms with Gasteiger partial charge in [-0.3, -0.25) is 0 Å². The Labute approximate surface area is 155 Å². The first-order valence-electron chi connectivity index (χ1n) is 10.2. The zero-order chi connectivity index (χ0) is 19.6. The van der Waals surface area contributed by atoms with E-state index in [1.54, 1.807) is 0 Å². The first kappa shape index (κ1) is 24.0. The van der Waals surface area contributed by atoms with Crippen LogP contribution in [-0.2, 0) is 0 Å². The number of hydrogen-bond acceptors (Lipinski definition) is 0. The van der Waals surface area contributed by atoms with Crippen molar-refractivity contribution in [1.82, 2.24) is 0 Å². The fourth-order valence-corrected chi connectivity index (χ4v) is 5.41. The van der Waals surface area contributed by atoms with E-state index in [2.05, 4.69) is 90.0 Å². The van der Waals surface area contributed by atoms with E-state index in [-0.39, 0.29) is 0 Å². The second kappa shape index (κ2) is 7.71. The van der Waals surface area contributed by atoms with E-state index in [4.69, 9.17) is 0 Å². The van der Waals surface area contributed by atoms with Crippen LogP contribution in [0.15, 0.2) is 0 Å². The number of hydrogen-bond donors (Lipinski definition) is 0. The molecule has 0 amide bonds. The Morgan fingerprint density at radius 3 is 0.917 bits per heavy atom. The molecule has 0 nitrogen and oxygen atoms in total. The minimum atomic E-state index is 0.397. The molecule has 0 aliphatic carbocycles. The molecule has 0 heterocycles. The van der Waals surface area contributed by atoms with Gasteiger partial charge >= 0.3 is 0 Å². The molecule has 0 bridgehead atoms. The number of rotatable bonds is 6. The highest BCUT2D eigenvalue weighted by atomic mass is 14.4. The summed E-state index contributed by atoms with van der Waals surface area (Å²) in [6.07, 6.45) is 6.70. The molecule has 0 spiro atoms. The molecular weight excluding hydrogens is 288 g/mol. The SMILES string of the molecule is CC(C)(C)CC(CC(C)(C)C)CC(C)(CC(C)(C)C)CC(C)(C)C. The van der Waals surface area contributed by atoms with Crippen LogP contribution >= 0.6 is 0 Å². The average molecular weight is 339 g/mol. The Morgan fingerprint density at radius 2 is 0.708 bits per heavy atom. The molecule has 0 aliphatic heterocycles. The van der Waals surface area contributed by atoms with Gasteiger partial charge in [0.05, 0.1) is 0 Å². The van der Waals surface area contributed by atoms with Crippen molar-refractivity contribution in [3.63, 3.8) is 0 Å². The third-order valence-corrected chi connectivity index (χ3v) is 4.50. The minimum absolute atomic E-state index is 0.397. The zero-order valence-electron chi connectivity index (χ0n) is 19.6. The molecule has 0 aromatic heterocycles. The van der Waals surface area contributed by atoms with E-state index >= 15 is 0 Å². The maximum atomic E-state index is 2.57. The lowest BCUT2D eigenvalue weighted by Gasteiger charge is -2.44. The maximum Gasteiger partial charge on any atom is -0.0313 e. The average Bonchev–Trinajstić information content (AvgIpc) is 2.00. The van der Waals surface area contributed by atoms with Crippen LogP contribution in [-0.4, -0.2) is 0 Å². The van der Waals surface area contributed by atoms with Crippen molar-refractivity contribution in [3.8, 4) is 0 Å². The summed E-state index contributed by atoms with van der Waals surface area (Å²) in [5.41, 5.74) is 2.06. The van der Waals surface area contributed by atoms with Gasteiger partial charge in [0.15, 0.2) is 0 Å². The molecule has 0 saturated carbocycles. The highest BCUT2D eigenvalue weighted by Gasteiger charge is 2.37. The second-order valence-electron chi connectivity index (χ2n) is 13.9. The highest BCUT2D eigenvalue weighted by molar-refractivity contribution is 4.88. The van der Waals surface area contributed by atoms with Gasteiger partial charge in [0.2, 0.25) is 0 Å². The molecule has 146 valence electrons. The maximum absolute atomic E-state index is 2.57. The van der Waals surface area contributed by atoms with Crippen LogP contribution in [0.25, 0.3) is 0 Å². The van der Waals surface area contributed by atoms with Crippen molar-refractivity contribution in [2.24, 2.45) is 33.0 Å². The predicted octanol–water partition coefficient (Wildman–Crippen LogP) is 8.74. The first-order chi connectivity index (χ1) is 10.2. The molecule has 0 N–H and O–H groups in total. The molecule has 0 heteroatoms. The smallest absolute Gasteiger partial charge is 0.0313 e. The Morgan fingerprint density at radius 1 is 0.417 bits per heavy atom. The molecule has 0 rings (SSSR count). The monoisotopic (exact) mass is 338 g/mol. The van der Waals surface area contributed by atoms with E-state index in [0.29, 0.717) is 27.1 Å². The van der Waals surface area contributed by atoms with Crippen LogP contribution in [0, 0.1) is 33.0 Å². The van der Waals surface area contributed by atoms with Crippen LogP contribution in [0.3, 0.4) is 0 Å². The lowest BCUT2D eigenvalue weighted by Crippen LogP contribution is -2.33. The minimum Gasteiger partial charge on any atom is -0.0602 e.